The lowest BCUT2D eigenvalue weighted by molar-refractivity contribution is -0.137. The predicted molar refractivity (Wildman–Crippen MR) is 153 cm³/mol. The fourth-order valence-corrected chi connectivity index (χ4v) is 3.29. The predicted octanol–water partition coefficient (Wildman–Crippen LogP) is 7.62. The Hall–Kier alpha value is -3.88. The Morgan fingerprint density at radius 3 is 2.34 bits per heavy atom. The summed E-state index contributed by atoms with van der Waals surface area (Å²) in [4.78, 5) is 8.15. The number of hydrogen-bond acceptors (Lipinski definition) is 5. The standard InChI is InChI=1S/C27H33F3N6.C2H4/c1-6-16-31-19(5)24-26(32-23-14-15-23)34-25(33-24)20(7-2)9-8-17(3)35-36-18(4)21-10-12-22(13-11-21)27(28,29)30;1-2/h7-13,23,31-32H,5-6,14-16H2,1-4H3,(H,33,34);1-2H2/b9-8-,20-7+,35-17+,36-18+;. The smallest absolute Gasteiger partial charge is 0.384 e. The average molecular weight is 527 g/mol. The third-order valence-electron chi connectivity index (χ3n) is 5.59. The summed E-state index contributed by atoms with van der Waals surface area (Å²) in [7, 11) is 0. The quantitative estimate of drug-likeness (QED) is 0.122. The molecule has 0 spiro atoms. The highest BCUT2D eigenvalue weighted by Gasteiger charge is 2.30. The molecule has 0 unspecified atom stereocenters. The van der Waals surface area contributed by atoms with E-state index in [1.165, 1.54) is 12.1 Å². The van der Waals surface area contributed by atoms with Crippen LogP contribution in [-0.4, -0.2) is 34.0 Å². The van der Waals surface area contributed by atoms with Gasteiger partial charge in [0, 0.05) is 18.2 Å². The fourth-order valence-electron chi connectivity index (χ4n) is 3.29. The van der Waals surface area contributed by atoms with Gasteiger partial charge in [-0.3, -0.25) is 0 Å². The number of halogens is 3. The van der Waals surface area contributed by atoms with Crippen LogP contribution < -0.4 is 10.6 Å². The van der Waals surface area contributed by atoms with Crippen LogP contribution in [0.5, 0.6) is 0 Å². The molecule has 38 heavy (non-hydrogen) atoms. The molecular formula is C29H37F3N6. The van der Waals surface area contributed by atoms with Crippen LogP contribution in [0.15, 0.2) is 72.4 Å². The summed E-state index contributed by atoms with van der Waals surface area (Å²) in [6, 6.07) is 5.32. The molecule has 9 heteroatoms. The van der Waals surface area contributed by atoms with Crippen LogP contribution >= 0.6 is 0 Å². The van der Waals surface area contributed by atoms with Crippen LogP contribution in [0.25, 0.3) is 11.3 Å². The van der Waals surface area contributed by atoms with E-state index in [1.807, 2.05) is 25.2 Å². The zero-order valence-electron chi connectivity index (χ0n) is 22.5. The van der Waals surface area contributed by atoms with Gasteiger partial charge in [0.05, 0.1) is 22.7 Å². The van der Waals surface area contributed by atoms with Crippen molar-refractivity contribution < 1.29 is 13.2 Å². The number of aromatic nitrogens is 2. The van der Waals surface area contributed by atoms with Gasteiger partial charge < -0.3 is 15.6 Å². The Morgan fingerprint density at radius 2 is 1.79 bits per heavy atom. The Labute approximate surface area is 223 Å². The summed E-state index contributed by atoms with van der Waals surface area (Å²) in [6.45, 7) is 18.5. The molecule has 3 N–H and O–H groups in total. The first-order valence-electron chi connectivity index (χ1n) is 12.5. The van der Waals surface area contributed by atoms with E-state index in [4.69, 9.17) is 4.98 Å². The normalized spacial score (nSPS) is 14.8. The van der Waals surface area contributed by atoms with Crippen molar-refractivity contribution in [2.24, 2.45) is 10.2 Å². The first kappa shape index (κ1) is 30.3. The summed E-state index contributed by atoms with van der Waals surface area (Å²) in [6.07, 6.45) is 4.56. The summed E-state index contributed by atoms with van der Waals surface area (Å²) in [5.41, 5.74) is 3.56. The molecule has 0 saturated heterocycles. The fraction of sp³-hybridized carbons (Fsp3) is 0.345. The Balaban J connectivity index is 0.00000247. The zero-order chi connectivity index (χ0) is 28.3. The zero-order valence-corrected chi connectivity index (χ0v) is 22.5. The highest BCUT2D eigenvalue weighted by Crippen LogP contribution is 2.30. The largest absolute Gasteiger partial charge is 0.416 e. The SMILES string of the molecule is C=C.C=C(NCCC)c1[nH]c(C(/C=C\C(C)=N\N=C(/C)c2ccc(C(F)(F)F)cc2)=C/C)nc1NC1CC1. The van der Waals surface area contributed by atoms with E-state index in [0.29, 0.717) is 28.9 Å². The molecule has 1 saturated carbocycles. The number of hydrogen-bond donors (Lipinski definition) is 3. The summed E-state index contributed by atoms with van der Waals surface area (Å²) >= 11 is 0. The van der Waals surface area contributed by atoms with Crippen molar-refractivity contribution in [2.45, 2.75) is 59.2 Å². The number of alkyl halides is 3. The molecule has 204 valence electrons. The number of nitrogens with one attached hydrogen (secondary N) is 3. The van der Waals surface area contributed by atoms with Crippen molar-refractivity contribution >= 4 is 28.5 Å². The second kappa shape index (κ2) is 14.2. The first-order chi connectivity index (χ1) is 18.1. The Kier molecular flexibility index (Phi) is 11.3. The van der Waals surface area contributed by atoms with Crippen molar-refractivity contribution in [2.75, 3.05) is 11.9 Å². The van der Waals surface area contributed by atoms with E-state index < -0.39 is 11.7 Å². The molecule has 1 aliphatic rings. The molecule has 1 aromatic carbocycles. The monoisotopic (exact) mass is 526 g/mol. The third kappa shape index (κ3) is 8.90. The number of benzene rings is 1. The minimum atomic E-state index is -4.36. The molecule has 0 aliphatic heterocycles. The highest BCUT2D eigenvalue weighted by atomic mass is 19.4. The number of H-pyrrole nitrogens is 1. The van der Waals surface area contributed by atoms with E-state index >= 15 is 0 Å². The molecule has 1 aromatic heterocycles. The lowest BCUT2D eigenvalue weighted by Crippen LogP contribution is -2.14. The molecular weight excluding hydrogens is 489 g/mol. The molecule has 1 heterocycles. The minimum Gasteiger partial charge on any atom is -0.384 e. The van der Waals surface area contributed by atoms with Gasteiger partial charge in [0.2, 0.25) is 0 Å². The van der Waals surface area contributed by atoms with Crippen LogP contribution in [0.1, 0.15) is 69.6 Å². The van der Waals surface area contributed by atoms with Gasteiger partial charge in [-0.15, -0.1) is 13.2 Å². The molecule has 0 radical (unpaired) electrons. The highest BCUT2D eigenvalue weighted by molar-refractivity contribution is 6.00. The second-order valence-corrected chi connectivity index (χ2v) is 8.71. The summed E-state index contributed by atoms with van der Waals surface area (Å²) < 4.78 is 38.3. The van der Waals surface area contributed by atoms with Gasteiger partial charge in [-0.1, -0.05) is 31.7 Å². The maximum atomic E-state index is 12.8. The van der Waals surface area contributed by atoms with Gasteiger partial charge in [0.15, 0.2) is 5.82 Å². The van der Waals surface area contributed by atoms with Crippen LogP contribution in [-0.2, 0) is 6.18 Å². The molecule has 1 fully saturated rings. The number of nitrogens with zero attached hydrogens (tertiary/aromatic N) is 3. The van der Waals surface area contributed by atoms with Crippen LogP contribution in [0, 0.1) is 0 Å². The lowest BCUT2D eigenvalue weighted by Gasteiger charge is -2.09. The number of aromatic amines is 1. The molecule has 6 nitrogen and oxygen atoms in total. The van der Waals surface area contributed by atoms with Crippen LogP contribution in [0.4, 0.5) is 19.0 Å². The molecule has 1 aliphatic carbocycles. The number of rotatable bonds is 11. The van der Waals surface area contributed by atoms with E-state index in [2.05, 4.69) is 52.5 Å². The van der Waals surface area contributed by atoms with E-state index in [0.717, 1.165) is 60.7 Å². The van der Waals surface area contributed by atoms with Gasteiger partial charge >= 0.3 is 6.18 Å². The van der Waals surface area contributed by atoms with Gasteiger partial charge in [-0.25, -0.2) is 4.98 Å². The van der Waals surface area contributed by atoms with Gasteiger partial charge in [-0.05, 0) is 69.9 Å². The van der Waals surface area contributed by atoms with Crippen molar-refractivity contribution in [3.05, 3.63) is 84.9 Å². The number of anilines is 1. The molecule has 0 bridgehead atoms. The number of imidazole rings is 1. The van der Waals surface area contributed by atoms with Crippen LogP contribution in [0.2, 0.25) is 0 Å². The van der Waals surface area contributed by atoms with Crippen molar-refractivity contribution in [3.8, 4) is 0 Å². The van der Waals surface area contributed by atoms with Gasteiger partial charge in [0.25, 0.3) is 0 Å². The molecule has 2 aromatic rings. The second-order valence-electron chi connectivity index (χ2n) is 8.71. The van der Waals surface area contributed by atoms with Crippen molar-refractivity contribution in [1.82, 2.24) is 15.3 Å². The van der Waals surface area contributed by atoms with Crippen LogP contribution in [0.3, 0.4) is 0 Å². The molecule has 3 rings (SSSR count). The van der Waals surface area contributed by atoms with E-state index in [9.17, 15) is 13.2 Å². The first-order valence-corrected chi connectivity index (χ1v) is 12.5. The minimum absolute atomic E-state index is 0.448. The average Bonchev–Trinajstić information content (AvgIpc) is 3.63. The van der Waals surface area contributed by atoms with Gasteiger partial charge in [0.1, 0.15) is 11.5 Å². The topological polar surface area (TPSA) is 77.5 Å². The summed E-state index contributed by atoms with van der Waals surface area (Å²) in [5, 5.41) is 15.2. The molecule has 0 amide bonds. The van der Waals surface area contributed by atoms with Crippen molar-refractivity contribution in [1.29, 1.82) is 0 Å². The summed E-state index contributed by atoms with van der Waals surface area (Å²) in [5.74, 6) is 1.50. The molecule has 0 atom stereocenters. The Bertz CT molecular complexity index is 1200. The van der Waals surface area contributed by atoms with E-state index in [1.54, 1.807) is 13.8 Å². The van der Waals surface area contributed by atoms with Gasteiger partial charge in [-0.2, -0.15) is 23.4 Å². The van der Waals surface area contributed by atoms with E-state index in [-0.39, 0.29) is 0 Å². The number of allylic oxidation sites excluding steroid dienone is 4. The van der Waals surface area contributed by atoms with Crippen molar-refractivity contribution in [3.63, 3.8) is 0 Å². The third-order valence-corrected chi connectivity index (χ3v) is 5.59. The maximum absolute atomic E-state index is 12.8. The maximum Gasteiger partial charge on any atom is 0.416 e. The lowest BCUT2D eigenvalue weighted by atomic mass is 10.1. The Morgan fingerprint density at radius 1 is 1.13 bits per heavy atom.